The molecule has 8 nitrogen and oxygen atoms in total. The van der Waals surface area contributed by atoms with Gasteiger partial charge in [-0.05, 0) is 37.8 Å². The third-order valence-electron chi connectivity index (χ3n) is 9.38. The van der Waals surface area contributed by atoms with Crippen LogP contribution in [0, 0.1) is 24.7 Å². The summed E-state index contributed by atoms with van der Waals surface area (Å²) in [5, 5.41) is 11.0. The minimum Gasteiger partial charge on any atom is -0.394 e. The molecule has 0 aliphatic carbocycles. The molecule has 2 fully saturated rings. The molecular formula is C31H40ClN3O5. The molecule has 5 rings (SSSR count). The second-order valence-electron chi connectivity index (χ2n) is 11.8. The molecule has 40 heavy (non-hydrogen) atoms. The number of aliphatic hydroxyl groups is 1. The lowest BCUT2D eigenvalue weighted by atomic mass is 9.74. The van der Waals surface area contributed by atoms with Gasteiger partial charge in [0.1, 0.15) is 11.6 Å². The number of fused-ring (bicyclic) bond motifs is 2. The average Bonchev–Trinajstić information content (AvgIpc) is 3.19. The van der Waals surface area contributed by atoms with Crippen LogP contribution in [0.3, 0.4) is 0 Å². The van der Waals surface area contributed by atoms with Gasteiger partial charge in [-0.1, -0.05) is 75.2 Å². The van der Waals surface area contributed by atoms with Gasteiger partial charge in [0.05, 0.1) is 40.8 Å². The summed E-state index contributed by atoms with van der Waals surface area (Å²) in [5.41, 5.74) is -1.04. The van der Waals surface area contributed by atoms with E-state index in [2.05, 4.69) is 0 Å². The van der Waals surface area contributed by atoms with Crippen LogP contribution in [0.4, 0.5) is 5.69 Å². The summed E-state index contributed by atoms with van der Waals surface area (Å²) < 4.78 is 6.90. The molecule has 3 amide bonds. The van der Waals surface area contributed by atoms with Crippen LogP contribution in [-0.2, 0) is 19.1 Å². The normalized spacial score (nSPS) is 33.0. The van der Waals surface area contributed by atoms with E-state index in [1.165, 1.54) is 0 Å². The van der Waals surface area contributed by atoms with Gasteiger partial charge in [0, 0.05) is 19.6 Å². The van der Waals surface area contributed by atoms with E-state index >= 15 is 0 Å². The molecule has 1 aromatic carbocycles. The van der Waals surface area contributed by atoms with Crippen LogP contribution in [0.25, 0.3) is 0 Å². The van der Waals surface area contributed by atoms with Crippen molar-refractivity contribution in [3.8, 4) is 0 Å². The maximum atomic E-state index is 14.7. The molecule has 7 atom stereocenters. The number of nitrogens with zero attached hydrogens (tertiary/aromatic N) is 3. The molecule has 1 spiro atoms. The highest BCUT2D eigenvalue weighted by atomic mass is 35.5. The molecule has 9 heteroatoms. The van der Waals surface area contributed by atoms with Crippen molar-refractivity contribution in [1.82, 2.24) is 9.80 Å². The van der Waals surface area contributed by atoms with Crippen molar-refractivity contribution in [2.24, 2.45) is 17.8 Å². The van der Waals surface area contributed by atoms with Gasteiger partial charge in [-0.25, -0.2) is 0 Å². The molecule has 0 aromatic heterocycles. The number of rotatable bonds is 7. The van der Waals surface area contributed by atoms with Gasteiger partial charge in [-0.15, -0.1) is 0 Å². The Morgan fingerprint density at radius 1 is 1.07 bits per heavy atom. The van der Waals surface area contributed by atoms with Gasteiger partial charge in [0.15, 0.2) is 0 Å². The van der Waals surface area contributed by atoms with Crippen LogP contribution in [0.15, 0.2) is 42.5 Å². The van der Waals surface area contributed by atoms with Crippen molar-refractivity contribution in [2.45, 2.75) is 70.7 Å². The van der Waals surface area contributed by atoms with Crippen LogP contribution in [0.2, 0.25) is 5.02 Å². The number of para-hydroxylation sites is 1. The molecule has 2 saturated heterocycles. The number of hydrogen-bond donors (Lipinski definition) is 1. The predicted molar refractivity (Wildman–Crippen MR) is 154 cm³/mol. The van der Waals surface area contributed by atoms with Gasteiger partial charge < -0.3 is 24.5 Å². The average molecular weight is 570 g/mol. The molecule has 0 saturated carbocycles. The van der Waals surface area contributed by atoms with E-state index in [0.29, 0.717) is 30.2 Å². The van der Waals surface area contributed by atoms with Crippen molar-refractivity contribution >= 4 is 35.0 Å². The van der Waals surface area contributed by atoms with E-state index in [4.69, 9.17) is 16.3 Å². The van der Waals surface area contributed by atoms with Crippen molar-refractivity contribution in [1.29, 1.82) is 0 Å². The number of ether oxygens (including phenoxy) is 1. The number of hydrogen-bond acceptors (Lipinski definition) is 5. The largest absolute Gasteiger partial charge is 0.394 e. The summed E-state index contributed by atoms with van der Waals surface area (Å²) in [5.74, 6) is -2.61. The Kier molecular flexibility index (Phi) is 7.66. The van der Waals surface area contributed by atoms with Gasteiger partial charge in [0.25, 0.3) is 5.91 Å². The Balaban J connectivity index is 1.71. The van der Waals surface area contributed by atoms with Crippen LogP contribution >= 0.6 is 11.6 Å². The summed E-state index contributed by atoms with van der Waals surface area (Å²) in [6, 6.07) is 3.78. The molecule has 4 aliphatic rings. The number of aliphatic hydroxyl groups excluding tert-OH is 1. The number of likely N-dealkylation sites (tertiary alicyclic amines) is 1. The number of halogens is 1. The van der Waals surface area contributed by atoms with Crippen LogP contribution in [-0.4, -0.2) is 82.2 Å². The number of benzene rings is 1. The number of anilines is 1. The number of aryl methyl sites for hydroxylation is 1. The highest BCUT2D eigenvalue weighted by Gasteiger charge is 2.75. The maximum absolute atomic E-state index is 14.7. The SMILES string of the molecule is CCCN1CC=C[C@]2(C)O[C@]34C=CCN(c5c(C)cccc5Cl)C(=O)C3N([C@@H](CO)[C@@H](C)CC)C(=O)[C@@H]4[C@@H]2C1=O. The molecular weight excluding hydrogens is 530 g/mol. The first-order chi connectivity index (χ1) is 19.1. The summed E-state index contributed by atoms with van der Waals surface area (Å²) in [7, 11) is 0. The Labute approximate surface area is 241 Å². The zero-order chi connectivity index (χ0) is 29.0. The lowest BCUT2D eigenvalue weighted by Gasteiger charge is -2.41. The van der Waals surface area contributed by atoms with E-state index in [1.807, 2.05) is 71.1 Å². The lowest BCUT2D eigenvalue weighted by Crippen LogP contribution is -2.60. The number of carbonyl (C=O) groups is 3. The third kappa shape index (κ3) is 4.13. The van der Waals surface area contributed by atoms with Crippen LogP contribution < -0.4 is 4.90 Å². The summed E-state index contributed by atoms with van der Waals surface area (Å²) in [4.78, 5) is 48.4. The highest BCUT2D eigenvalue weighted by molar-refractivity contribution is 6.34. The monoisotopic (exact) mass is 569 g/mol. The van der Waals surface area contributed by atoms with Gasteiger partial charge in [-0.2, -0.15) is 0 Å². The molecule has 1 unspecified atom stereocenters. The molecule has 1 N–H and O–H groups in total. The smallest absolute Gasteiger partial charge is 0.253 e. The number of carbonyl (C=O) groups excluding carboxylic acids is 3. The second kappa shape index (κ2) is 10.6. The Morgan fingerprint density at radius 2 is 1.80 bits per heavy atom. The minimum atomic E-state index is -1.38. The van der Waals surface area contributed by atoms with Crippen molar-refractivity contribution in [2.75, 3.05) is 31.1 Å². The maximum Gasteiger partial charge on any atom is 0.253 e. The standard InChI is InChI=1S/C31H40ClN3O5/c1-6-15-33-16-9-13-30(5)23(27(33)37)24-28(38)35(22(18-36)19(3)7-2)26-29(39)34(17-10-14-31(24,26)40-30)25-20(4)11-8-12-21(25)32/h8-14,19,22-24,26,36H,6-7,15-18H2,1-5H3/t19-,22-,23+,24-,26?,30-,31-/m0/s1. The van der Waals surface area contributed by atoms with E-state index in [-0.39, 0.29) is 36.8 Å². The molecule has 4 heterocycles. The van der Waals surface area contributed by atoms with Crippen LogP contribution in [0.5, 0.6) is 0 Å². The zero-order valence-electron chi connectivity index (χ0n) is 24.0. The molecule has 0 bridgehead atoms. The zero-order valence-corrected chi connectivity index (χ0v) is 24.7. The van der Waals surface area contributed by atoms with E-state index in [1.54, 1.807) is 20.8 Å². The van der Waals surface area contributed by atoms with E-state index in [9.17, 15) is 19.5 Å². The fourth-order valence-electron chi connectivity index (χ4n) is 7.32. The predicted octanol–water partition coefficient (Wildman–Crippen LogP) is 3.74. The van der Waals surface area contributed by atoms with Crippen LogP contribution in [0.1, 0.15) is 46.1 Å². The third-order valence-corrected chi connectivity index (χ3v) is 9.68. The van der Waals surface area contributed by atoms with Crippen molar-refractivity contribution in [3.05, 3.63) is 53.1 Å². The minimum absolute atomic E-state index is 0.0898. The fourth-order valence-corrected chi connectivity index (χ4v) is 7.64. The van der Waals surface area contributed by atoms with Gasteiger partial charge in [0.2, 0.25) is 11.8 Å². The van der Waals surface area contributed by atoms with Gasteiger partial charge >= 0.3 is 0 Å². The van der Waals surface area contributed by atoms with Gasteiger partial charge in [-0.3, -0.25) is 14.4 Å². The Bertz CT molecular complexity index is 1250. The van der Waals surface area contributed by atoms with Crippen molar-refractivity contribution in [3.63, 3.8) is 0 Å². The Morgan fingerprint density at radius 3 is 2.45 bits per heavy atom. The van der Waals surface area contributed by atoms with E-state index < -0.39 is 35.1 Å². The molecule has 1 aromatic rings. The lowest BCUT2D eigenvalue weighted by molar-refractivity contribution is -0.152. The highest BCUT2D eigenvalue weighted by Crippen LogP contribution is 2.58. The first-order valence-corrected chi connectivity index (χ1v) is 14.8. The second-order valence-corrected chi connectivity index (χ2v) is 12.2. The van der Waals surface area contributed by atoms with E-state index in [0.717, 1.165) is 12.0 Å². The summed E-state index contributed by atoms with van der Waals surface area (Å²) >= 11 is 6.64. The quantitative estimate of drug-likeness (QED) is 0.505. The number of amides is 3. The molecule has 4 aliphatic heterocycles. The topological polar surface area (TPSA) is 90.4 Å². The molecule has 0 radical (unpaired) electrons. The summed E-state index contributed by atoms with van der Waals surface area (Å²) in [6.45, 7) is 10.7. The fraction of sp³-hybridized carbons (Fsp3) is 0.581. The summed E-state index contributed by atoms with van der Waals surface area (Å²) in [6.07, 6.45) is 9.00. The first-order valence-electron chi connectivity index (χ1n) is 14.4. The Hall–Kier alpha value is -2.68. The van der Waals surface area contributed by atoms with Crippen molar-refractivity contribution < 1.29 is 24.2 Å². The molecule has 216 valence electrons. The first kappa shape index (κ1) is 28.8.